The van der Waals surface area contributed by atoms with E-state index in [9.17, 15) is 19.5 Å². The molecule has 9 nitrogen and oxygen atoms in total. The molecule has 0 bridgehead atoms. The van der Waals surface area contributed by atoms with Crippen LogP contribution < -0.4 is 10.5 Å². The van der Waals surface area contributed by atoms with Crippen molar-refractivity contribution in [2.45, 2.75) is 70.3 Å². The first-order valence-corrected chi connectivity index (χ1v) is 14.4. The highest BCUT2D eigenvalue weighted by atomic mass is 16.5. The summed E-state index contributed by atoms with van der Waals surface area (Å²) >= 11 is 0. The molecular weight excluding hydrogens is 484 g/mol. The summed E-state index contributed by atoms with van der Waals surface area (Å²) in [4.78, 5) is 44.4. The van der Waals surface area contributed by atoms with Crippen molar-refractivity contribution < 1.29 is 24.2 Å². The summed E-state index contributed by atoms with van der Waals surface area (Å²) < 4.78 is 5.67. The van der Waals surface area contributed by atoms with Crippen LogP contribution in [0.1, 0.15) is 68.9 Å². The van der Waals surface area contributed by atoms with Gasteiger partial charge in [0.2, 0.25) is 11.8 Å². The largest absolute Gasteiger partial charge is 0.493 e. The summed E-state index contributed by atoms with van der Waals surface area (Å²) in [5, 5.41) is 10.4. The summed E-state index contributed by atoms with van der Waals surface area (Å²) in [5.41, 5.74) is 7.79. The number of rotatable bonds is 14. The molecule has 210 valence electrons. The summed E-state index contributed by atoms with van der Waals surface area (Å²) in [5.74, 6) is -0.666. The van der Waals surface area contributed by atoms with Crippen molar-refractivity contribution in [2.75, 3.05) is 52.4 Å². The monoisotopic (exact) mass is 528 g/mol. The molecule has 0 unspecified atom stereocenters. The number of fused-ring (bicyclic) bond motifs is 1. The van der Waals surface area contributed by atoms with Gasteiger partial charge in [-0.15, -0.1) is 0 Å². The minimum atomic E-state index is -0.842. The van der Waals surface area contributed by atoms with Crippen molar-refractivity contribution in [2.24, 2.45) is 11.7 Å². The number of carbonyl (C=O) groups is 3. The maximum atomic E-state index is 13.6. The van der Waals surface area contributed by atoms with Gasteiger partial charge in [-0.2, -0.15) is 0 Å². The quantitative estimate of drug-likeness (QED) is 0.356. The molecule has 0 aromatic heterocycles. The van der Waals surface area contributed by atoms with Gasteiger partial charge in [-0.05, 0) is 55.8 Å². The highest BCUT2D eigenvalue weighted by molar-refractivity contribution is 5.79. The van der Waals surface area contributed by atoms with E-state index in [0.29, 0.717) is 52.2 Å². The van der Waals surface area contributed by atoms with E-state index in [0.717, 1.165) is 61.9 Å². The lowest BCUT2D eigenvalue weighted by Crippen LogP contribution is -2.45. The van der Waals surface area contributed by atoms with Crippen molar-refractivity contribution in [3.63, 3.8) is 0 Å². The first-order chi connectivity index (χ1) is 18.4. The lowest BCUT2D eigenvalue weighted by atomic mass is 9.83. The molecule has 0 spiro atoms. The molecule has 2 amide bonds. The van der Waals surface area contributed by atoms with Crippen molar-refractivity contribution >= 4 is 17.8 Å². The smallest absolute Gasteiger partial charge is 0.308 e. The van der Waals surface area contributed by atoms with Gasteiger partial charge in [0.15, 0.2) is 0 Å². The normalized spacial score (nSPS) is 23.1. The molecule has 3 heterocycles. The molecular formula is C29H44N4O5. The number of aliphatic carboxylic acids is 1. The van der Waals surface area contributed by atoms with E-state index in [1.54, 1.807) is 0 Å². The van der Waals surface area contributed by atoms with Crippen LogP contribution in [0.4, 0.5) is 0 Å². The zero-order valence-electron chi connectivity index (χ0n) is 22.8. The number of likely N-dealkylation sites (tertiary alicyclic amines) is 2. The number of carbonyl (C=O) groups excluding carboxylic acids is 2. The highest BCUT2D eigenvalue weighted by Crippen LogP contribution is 2.41. The van der Waals surface area contributed by atoms with E-state index >= 15 is 0 Å². The highest BCUT2D eigenvalue weighted by Gasteiger charge is 2.47. The molecule has 3 aliphatic heterocycles. The van der Waals surface area contributed by atoms with Crippen LogP contribution in [0.2, 0.25) is 0 Å². The van der Waals surface area contributed by atoms with E-state index in [1.807, 2.05) is 21.9 Å². The molecule has 4 rings (SSSR count). The number of unbranched alkanes of at least 4 members (excludes halogenated alkanes) is 2. The topological polar surface area (TPSA) is 116 Å². The van der Waals surface area contributed by atoms with Crippen molar-refractivity contribution in [3.8, 4) is 5.75 Å². The van der Waals surface area contributed by atoms with Gasteiger partial charge in [-0.1, -0.05) is 25.5 Å². The Morgan fingerprint density at radius 1 is 1.18 bits per heavy atom. The van der Waals surface area contributed by atoms with Crippen LogP contribution in [0.5, 0.6) is 5.75 Å². The van der Waals surface area contributed by atoms with Crippen LogP contribution in [0, 0.1) is 5.92 Å². The number of nitrogens with zero attached hydrogens (tertiary/aromatic N) is 3. The minimum Gasteiger partial charge on any atom is -0.493 e. The summed E-state index contributed by atoms with van der Waals surface area (Å²) in [6.45, 7) is 6.70. The van der Waals surface area contributed by atoms with Crippen molar-refractivity contribution in [1.82, 2.24) is 14.7 Å². The lowest BCUT2D eigenvalue weighted by Gasteiger charge is -2.30. The predicted molar refractivity (Wildman–Crippen MR) is 145 cm³/mol. The molecule has 1 aromatic rings. The maximum Gasteiger partial charge on any atom is 0.308 e. The van der Waals surface area contributed by atoms with E-state index in [4.69, 9.17) is 10.5 Å². The summed E-state index contributed by atoms with van der Waals surface area (Å²) in [7, 11) is 0. The Bertz CT molecular complexity index is 986. The second-order valence-electron chi connectivity index (χ2n) is 10.9. The van der Waals surface area contributed by atoms with Gasteiger partial charge < -0.3 is 25.4 Å². The van der Waals surface area contributed by atoms with Crippen LogP contribution in [0.15, 0.2) is 18.2 Å². The Hall–Kier alpha value is -2.65. The van der Waals surface area contributed by atoms with Crippen LogP contribution in [-0.2, 0) is 20.8 Å². The molecule has 3 aliphatic rings. The lowest BCUT2D eigenvalue weighted by molar-refractivity contribution is -0.144. The van der Waals surface area contributed by atoms with Crippen LogP contribution in [0.3, 0.4) is 0 Å². The molecule has 1 aromatic carbocycles. The van der Waals surface area contributed by atoms with Crippen LogP contribution >= 0.6 is 0 Å². The Labute approximate surface area is 226 Å². The summed E-state index contributed by atoms with van der Waals surface area (Å²) in [6.07, 6.45) is 6.46. The molecule has 9 heteroatoms. The number of hydrogen-bond acceptors (Lipinski definition) is 6. The fourth-order valence-electron chi connectivity index (χ4n) is 6.29. The third-order valence-corrected chi connectivity index (χ3v) is 8.40. The molecule has 0 saturated carbocycles. The molecule has 3 atom stereocenters. The van der Waals surface area contributed by atoms with Gasteiger partial charge in [-0.3, -0.25) is 19.3 Å². The second kappa shape index (κ2) is 13.4. The van der Waals surface area contributed by atoms with E-state index < -0.39 is 11.9 Å². The fourth-order valence-corrected chi connectivity index (χ4v) is 6.29. The number of ether oxygens (including phenoxy) is 1. The van der Waals surface area contributed by atoms with E-state index in [2.05, 4.69) is 17.9 Å². The maximum absolute atomic E-state index is 13.6. The fraction of sp³-hybridized carbons (Fsp3) is 0.690. The molecule has 2 fully saturated rings. The predicted octanol–water partition coefficient (Wildman–Crippen LogP) is 2.47. The minimum absolute atomic E-state index is 0.0462. The SMILES string of the molecule is CCCCN(CCCCN)C(=O)CN1C[C@H](c2ccc3c(c2)CCO3)[C@@H](C(=O)O)[C@@H]1CCN1CCCC1=O. The molecule has 3 N–H and O–H groups in total. The van der Waals surface area contributed by atoms with Gasteiger partial charge >= 0.3 is 5.97 Å². The first-order valence-electron chi connectivity index (χ1n) is 14.4. The van der Waals surface area contributed by atoms with Gasteiger partial charge in [-0.25, -0.2) is 0 Å². The zero-order valence-corrected chi connectivity index (χ0v) is 22.8. The number of nitrogens with two attached hydrogens (primary N) is 1. The van der Waals surface area contributed by atoms with Crippen molar-refractivity contribution in [3.05, 3.63) is 29.3 Å². The Morgan fingerprint density at radius 2 is 2.00 bits per heavy atom. The zero-order chi connectivity index (χ0) is 27.1. The molecule has 0 aliphatic carbocycles. The van der Waals surface area contributed by atoms with E-state index in [-0.39, 0.29) is 30.3 Å². The number of carboxylic acids is 1. The second-order valence-corrected chi connectivity index (χ2v) is 10.9. The average Bonchev–Trinajstić information content (AvgIpc) is 3.62. The third-order valence-electron chi connectivity index (χ3n) is 8.40. The Balaban J connectivity index is 1.56. The van der Waals surface area contributed by atoms with Gasteiger partial charge in [0.1, 0.15) is 5.75 Å². The van der Waals surface area contributed by atoms with E-state index in [1.165, 1.54) is 0 Å². The van der Waals surface area contributed by atoms with Crippen LogP contribution in [0.25, 0.3) is 0 Å². The van der Waals surface area contributed by atoms with Crippen LogP contribution in [-0.4, -0.2) is 96.1 Å². The Kier molecular flexibility index (Phi) is 10.0. The molecule has 0 radical (unpaired) electrons. The van der Waals surface area contributed by atoms with Gasteiger partial charge in [0.25, 0.3) is 0 Å². The van der Waals surface area contributed by atoms with Gasteiger partial charge in [0, 0.05) is 57.5 Å². The van der Waals surface area contributed by atoms with Crippen molar-refractivity contribution in [1.29, 1.82) is 0 Å². The van der Waals surface area contributed by atoms with Gasteiger partial charge in [0.05, 0.1) is 19.1 Å². The number of amides is 2. The molecule has 2 saturated heterocycles. The average molecular weight is 529 g/mol. The number of benzene rings is 1. The Morgan fingerprint density at radius 3 is 2.71 bits per heavy atom. The summed E-state index contributed by atoms with van der Waals surface area (Å²) in [6, 6.07) is 5.70. The first kappa shape index (κ1) is 28.4. The number of carboxylic acid groups (broad SMARTS) is 1. The molecule has 38 heavy (non-hydrogen) atoms. The third kappa shape index (κ3) is 6.67. The standard InChI is InChI=1S/C29H44N4O5/c1-2-3-13-31(14-5-4-12-30)27(35)20-33-19-23(21-8-9-25-22(18-21)11-17-38-25)28(29(36)37)24(33)10-16-32-15-6-7-26(32)34/h8-9,18,23-24,28H,2-7,10-17,19-20,30H2,1H3,(H,36,37)/t23-,24+,28-/m1/s1. The number of hydrogen-bond donors (Lipinski definition) is 2.